The third-order valence-corrected chi connectivity index (χ3v) is 3.45. The number of hydrogen-bond acceptors (Lipinski definition) is 4. The number of carbonyl (C=O) groups is 2. The zero-order valence-electron chi connectivity index (χ0n) is 10.7. The highest BCUT2D eigenvalue weighted by atomic mass is 16.4. The van der Waals surface area contributed by atoms with Gasteiger partial charge in [0.15, 0.2) is 0 Å². The van der Waals surface area contributed by atoms with E-state index in [0.29, 0.717) is 24.2 Å². The molecule has 3 heterocycles. The molecule has 1 fully saturated rings. The van der Waals surface area contributed by atoms with Crippen molar-refractivity contribution in [3.63, 3.8) is 0 Å². The summed E-state index contributed by atoms with van der Waals surface area (Å²) in [7, 11) is 0. The van der Waals surface area contributed by atoms with Crippen LogP contribution < -0.4 is 5.32 Å². The Morgan fingerprint density at radius 2 is 2.25 bits per heavy atom. The summed E-state index contributed by atoms with van der Waals surface area (Å²) in [6.07, 6.45) is 3.23. The van der Waals surface area contributed by atoms with E-state index in [-0.39, 0.29) is 12.5 Å². The molecule has 3 rings (SSSR count). The van der Waals surface area contributed by atoms with Crippen molar-refractivity contribution in [2.45, 2.75) is 6.04 Å². The lowest BCUT2D eigenvalue weighted by Gasteiger charge is -2.33. The Labute approximate surface area is 114 Å². The topological polar surface area (TPSA) is 86.9 Å². The number of pyridine rings is 1. The van der Waals surface area contributed by atoms with Gasteiger partial charge < -0.3 is 15.3 Å². The van der Waals surface area contributed by atoms with Crippen LogP contribution in [0.1, 0.15) is 10.4 Å². The van der Waals surface area contributed by atoms with Crippen molar-refractivity contribution in [1.29, 1.82) is 0 Å². The van der Waals surface area contributed by atoms with Gasteiger partial charge in [0.05, 0.1) is 17.3 Å². The van der Waals surface area contributed by atoms with Gasteiger partial charge in [-0.05, 0) is 12.1 Å². The predicted octanol–water partition coefficient (Wildman–Crippen LogP) is -0.167. The van der Waals surface area contributed by atoms with E-state index >= 15 is 0 Å². The number of piperazine rings is 1. The SMILES string of the molecule is O=C(O)C1CNCCN1C(=O)c1cnn2ccccc12. The average molecular weight is 274 g/mol. The molecule has 0 bridgehead atoms. The molecule has 1 amide bonds. The van der Waals surface area contributed by atoms with Gasteiger partial charge in [0.2, 0.25) is 0 Å². The number of carboxylic acids is 1. The van der Waals surface area contributed by atoms with Crippen LogP contribution in [0.5, 0.6) is 0 Å². The van der Waals surface area contributed by atoms with Crippen molar-refractivity contribution in [3.05, 3.63) is 36.2 Å². The first kappa shape index (κ1) is 12.6. The Balaban J connectivity index is 1.96. The van der Waals surface area contributed by atoms with E-state index in [9.17, 15) is 14.7 Å². The average Bonchev–Trinajstić information content (AvgIpc) is 2.90. The summed E-state index contributed by atoms with van der Waals surface area (Å²) in [4.78, 5) is 25.2. The number of aliphatic carboxylic acids is 1. The highest BCUT2D eigenvalue weighted by Crippen LogP contribution is 2.15. The summed E-state index contributed by atoms with van der Waals surface area (Å²) >= 11 is 0. The maximum absolute atomic E-state index is 12.6. The highest BCUT2D eigenvalue weighted by molar-refractivity contribution is 6.02. The largest absolute Gasteiger partial charge is 0.480 e. The smallest absolute Gasteiger partial charge is 0.327 e. The number of carboxylic acid groups (broad SMARTS) is 1. The van der Waals surface area contributed by atoms with Crippen LogP contribution in [0, 0.1) is 0 Å². The Hall–Kier alpha value is -2.41. The lowest BCUT2D eigenvalue weighted by Crippen LogP contribution is -2.56. The van der Waals surface area contributed by atoms with Gasteiger partial charge in [-0.15, -0.1) is 0 Å². The van der Waals surface area contributed by atoms with E-state index in [4.69, 9.17) is 0 Å². The number of amides is 1. The minimum Gasteiger partial charge on any atom is -0.480 e. The normalized spacial score (nSPS) is 19.2. The number of hydrogen-bond donors (Lipinski definition) is 2. The third kappa shape index (κ3) is 2.01. The fourth-order valence-electron chi connectivity index (χ4n) is 2.42. The first-order valence-electron chi connectivity index (χ1n) is 6.35. The van der Waals surface area contributed by atoms with Crippen LogP contribution in [0.4, 0.5) is 0 Å². The van der Waals surface area contributed by atoms with Crippen molar-refractivity contribution in [2.24, 2.45) is 0 Å². The van der Waals surface area contributed by atoms with Crippen LogP contribution in [-0.4, -0.2) is 57.2 Å². The van der Waals surface area contributed by atoms with Crippen LogP contribution in [0.15, 0.2) is 30.6 Å². The van der Waals surface area contributed by atoms with Gasteiger partial charge in [-0.2, -0.15) is 5.10 Å². The predicted molar refractivity (Wildman–Crippen MR) is 70.5 cm³/mol. The molecule has 1 saturated heterocycles. The van der Waals surface area contributed by atoms with Gasteiger partial charge >= 0.3 is 5.97 Å². The van der Waals surface area contributed by atoms with Crippen molar-refractivity contribution >= 4 is 17.4 Å². The van der Waals surface area contributed by atoms with Gasteiger partial charge in [-0.25, -0.2) is 9.31 Å². The zero-order chi connectivity index (χ0) is 14.1. The molecule has 0 spiro atoms. The van der Waals surface area contributed by atoms with Crippen LogP contribution >= 0.6 is 0 Å². The molecule has 7 nitrogen and oxygen atoms in total. The third-order valence-electron chi connectivity index (χ3n) is 3.45. The number of nitrogens with zero attached hydrogens (tertiary/aromatic N) is 3. The van der Waals surface area contributed by atoms with Crippen molar-refractivity contribution < 1.29 is 14.7 Å². The van der Waals surface area contributed by atoms with Crippen molar-refractivity contribution in [1.82, 2.24) is 19.8 Å². The summed E-state index contributed by atoms with van der Waals surface area (Å²) in [6.45, 7) is 1.23. The molecular formula is C13H14N4O3. The molecule has 104 valence electrons. The maximum Gasteiger partial charge on any atom is 0.327 e. The number of fused-ring (bicyclic) bond motifs is 1. The molecule has 2 N–H and O–H groups in total. The fourth-order valence-corrected chi connectivity index (χ4v) is 2.42. The molecule has 1 unspecified atom stereocenters. The first-order chi connectivity index (χ1) is 9.68. The van der Waals surface area contributed by atoms with Crippen molar-refractivity contribution in [2.75, 3.05) is 19.6 Å². The fraction of sp³-hybridized carbons (Fsp3) is 0.308. The molecule has 0 aliphatic carbocycles. The van der Waals surface area contributed by atoms with Gasteiger partial charge in [0.25, 0.3) is 5.91 Å². The molecule has 7 heteroatoms. The molecule has 1 aliphatic heterocycles. The van der Waals surface area contributed by atoms with E-state index < -0.39 is 12.0 Å². The van der Waals surface area contributed by atoms with Gasteiger partial charge in [0.1, 0.15) is 6.04 Å². The Kier molecular flexibility index (Phi) is 3.11. The number of nitrogens with one attached hydrogen (secondary N) is 1. The van der Waals surface area contributed by atoms with Crippen LogP contribution in [0.3, 0.4) is 0 Å². The molecule has 1 aliphatic rings. The number of aromatic nitrogens is 2. The van der Waals surface area contributed by atoms with Crippen molar-refractivity contribution in [3.8, 4) is 0 Å². The second-order valence-electron chi connectivity index (χ2n) is 4.65. The molecule has 20 heavy (non-hydrogen) atoms. The Morgan fingerprint density at radius 3 is 3.05 bits per heavy atom. The first-order valence-corrected chi connectivity index (χ1v) is 6.35. The molecule has 2 aromatic heterocycles. The Bertz CT molecular complexity index is 666. The summed E-state index contributed by atoms with van der Waals surface area (Å²) in [6, 6.07) is 4.59. The molecule has 0 saturated carbocycles. The Morgan fingerprint density at radius 1 is 1.40 bits per heavy atom. The zero-order valence-corrected chi connectivity index (χ0v) is 10.7. The van der Waals surface area contributed by atoms with E-state index in [1.54, 1.807) is 16.8 Å². The monoisotopic (exact) mass is 274 g/mol. The quantitative estimate of drug-likeness (QED) is 0.794. The van der Waals surface area contributed by atoms with E-state index in [1.807, 2.05) is 12.1 Å². The van der Waals surface area contributed by atoms with Gasteiger partial charge in [0, 0.05) is 25.8 Å². The van der Waals surface area contributed by atoms with E-state index in [2.05, 4.69) is 10.4 Å². The standard InChI is InChI=1S/C13H14N4O3/c18-12(16-6-4-14-8-11(16)13(19)20)9-7-15-17-5-2-1-3-10(9)17/h1-3,5,7,11,14H,4,6,8H2,(H,19,20). The summed E-state index contributed by atoms with van der Waals surface area (Å²) in [5, 5.41) is 16.3. The van der Waals surface area contributed by atoms with Crippen LogP contribution in [0.25, 0.3) is 5.52 Å². The molecule has 2 aromatic rings. The maximum atomic E-state index is 12.6. The van der Waals surface area contributed by atoms with Crippen LogP contribution in [-0.2, 0) is 4.79 Å². The molecule has 1 atom stereocenters. The molecule has 0 radical (unpaired) electrons. The second-order valence-corrected chi connectivity index (χ2v) is 4.65. The summed E-state index contributed by atoms with van der Waals surface area (Å²) < 4.78 is 1.60. The summed E-state index contributed by atoms with van der Waals surface area (Å²) in [5.41, 5.74) is 1.11. The molecule has 0 aromatic carbocycles. The number of carbonyl (C=O) groups excluding carboxylic acids is 1. The highest BCUT2D eigenvalue weighted by Gasteiger charge is 2.33. The number of rotatable bonds is 2. The second kappa shape index (κ2) is 4.93. The molecular weight excluding hydrogens is 260 g/mol. The minimum absolute atomic E-state index is 0.264. The lowest BCUT2D eigenvalue weighted by atomic mass is 10.1. The van der Waals surface area contributed by atoms with Crippen LogP contribution in [0.2, 0.25) is 0 Å². The van der Waals surface area contributed by atoms with E-state index in [1.165, 1.54) is 11.1 Å². The van der Waals surface area contributed by atoms with E-state index in [0.717, 1.165) is 0 Å². The van der Waals surface area contributed by atoms with Gasteiger partial charge in [-0.3, -0.25) is 4.79 Å². The van der Waals surface area contributed by atoms with Gasteiger partial charge in [-0.1, -0.05) is 6.07 Å². The summed E-state index contributed by atoms with van der Waals surface area (Å²) in [5.74, 6) is -1.29. The lowest BCUT2D eigenvalue weighted by molar-refractivity contribution is -0.142. The minimum atomic E-state index is -0.998.